The fourth-order valence-electron chi connectivity index (χ4n) is 2.48. The second-order valence-electron chi connectivity index (χ2n) is 5.07. The van der Waals surface area contributed by atoms with Crippen molar-refractivity contribution in [3.63, 3.8) is 0 Å². The highest BCUT2D eigenvalue weighted by atomic mass is 16.5. The van der Waals surface area contributed by atoms with E-state index in [1.165, 1.54) is 14.2 Å². The van der Waals surface area contributed by atoms with Gasteiger partial charge in [-0.15, -0.1) is 0 Å². The highest BCUT2D eigenvalue weighted by molar-refractivity contribution is 5.95. The zero-order valence-corrected chi connectivity index (χ0v) is 12.5. The standard InChI is InChI=1S/C16H19NO5/c1-21-11-7-10(8-12(9-11)22-2)17-15(18)13-5-3-4-6-14(13)16(19)20/h3-4,7-9,13-14H,5-6H2,1-2H3,(H,17,18)(H,19,20)/p-1/t13-,14+/m0/s1. The summed E-state index contributed by atoms with van der Waals surface area (Å²) in [4.78, 5) is 23.5. The van der Waals surface area contributed by atoms with Gasteiger partial charge in [0.2, 0.25) is 5.91 Å². The Hall–Kier alpha value is -2.50. The third-order valence-electron chi connectivity index (χ3n) is 3.69. The van der Waals surface area contributed by atoms with Gasteiger partial charge in [0.15, 0.2) is 0 Å². The Kier molecular flexibility index (Phi) is 5.04. The minimum Gasteiger partial charge on any atom is -0.550 e. The predicted molar refractivity (Wildman–Crippen MR) is 78.5 cm³/mol. The number of benzene rings is 1. The topological polar surface area (TPSA) is 87.7 Å². The van der Waals surface area contributed by atoms with E-state index in [1.807, 2.05) is 6.08 Å². The van der Waals surface area contributed by atoms with Gasteiger partial charge in [-0.25, -0.2) is 0 Å². The van der Waals surface area contributed by atoms with E-state index in [1.54, 1.807) is 24.3 Å². The van der Waals surface area contributed by atoms with Gasteiger partial charge in [0.1, 0.15) is 11.5 Å². The Labute approximate surface area is 128 Å². The number of ether oxygens (including phenoxy) is 2. The van der Waals surface area contributed by atoms with Gasteiger partial charge >= 0.3 is 0 Å². The van der Waals surface area contributed by atoms with E-state index in [-0.39, 0.29) is 5.91 Å². The number of carbonyl (C=O) groups is 2. The lowest BCUT2D eigenvalue weighted by molar-refractivity contribution is -0.313. The molecule has 1 aliphatic carbocycles. The minimum atomic E-state index is -1.20. The summed E-state index contributed by atoms with van der Waals surface area (Å²) >= 11 is 0. The summed E-state index contributed by atoms with van der Waals surface area (Å²) in [7, 11) is 3.02. The van der Waals surface area contributed by atoms with Crippen molar-refractivity contribution in [2.24, 2.45) is 11.8 Å². The first-order chi connectivity index (χ1) is 10.5. The van der Waals surface area contributed by atoms with Gasteiger partial charge in [0, 0.05) is 35.8 Å². The molecule has 1 amide bonds. The number of amides is 1. The van der Waals surface area contributed by atoms with Crippen LogP contribution in [0.4, 0.5) is 5.69 Å². The fraction of sp³-hybridized carbons (Fsp3) is 0.375. The largest absolute Gasteiger partial charge is 0.550 e. The molecule has 22 heavy (non-hydrogen) atoms. The van der Waals surface area contributed by atoms with Crippen molar-refractivity contribution in [1.82, 2.24) is 0 Å². The molecular formula is C16H18NO5-. The van der Waals surface area contributed by atoms with Crippen LogP contribution >= 0.6 is 0 Å². The molecule has 0 spiro atoms. The monoisotopic (exact) mass is 304 g/mol. The van der Waals surface area contributed by atoms with E-state index in [4.69, 9.17) is 9.47 Å². The van der Waals surface area contributed by atoms with Crippen molar-refractivity contribution >= 4 is 17.6 Å². The van der Waals surface area contributed by atoms with Crippen LogP contribution in [-0.4, -0.2) is 26.1 Å². The molecular weight excluding hydrogens is 286 g/mol. The van der Waals surface area contributed by atoms with Crippen molar-refractivity contribution < 1.29 is 24.2 Å². The molecule has 6 nitrogen and oxygen atoms in total. The molecule has 0 saturated heterocycles. The molecule has 1 aromatic rings. The minimum absolute atomic E-state index is 0.307. The summed E-state index contributed by atoms with van der Waals surface area (Å²) in [5, 5.41) is 13.9. The SMILES string of the molecule is COc1cc(NC(=O)[C@H]2CC=CC[C@H]2C(=O)[O-])cc(OC)c1. The average molecular weight is 304 g/mol. The summed E-state index contributed by atoms with van der Waals surface area (Å²) in [5.41, 5.74) is 0.493. The molecule has 0 saturated carbocycles. The van der Waals surface area contributed by atoms with Gasteiger partial charge in [0.05, 0.1) is 20.1 Å². The van der Waals surface area contributed by atoms with E-state index in [2.05, 4.69) is 5.32 Å². The average Bonchev–Trinajstić information content (AvgIpc) is 2.54. The molecule has 0 fully saturated rings. The number of hydrogen-bond acceptors (Lipinski definition) is 5. The smallest absolute Gasteiger partial charge is 0.228 e. The normalized spacial score (nSPS) is 20.3. The first kappa shape index (κ1) is 15.9. The van der Waals surface area contributed by atoms with Crippen molar-refractivity contribution in [3.05, 3.63) is 30.4 Å². The lowest BCUT2D eigenvalue weighted by Gasteiger charge is -2.28. The van der Waals surface area contributed by atoms with Crippen LogP contribution in [0.3, 0.4) is 0 Å². The number of carbonyl (C=O) groups excluding carboxylic acids is 2. The highest BCUT2D eigenvalue weighted by Crippen LogP contribution is 2.29. The molecule has 2 rings (SSSR count). The maximum atomic E-state index is 12.4. The second-order valence-corrected chi connectivity index (χ2v) is 5.07. The van der Waals surface area contributed by atoms with Crippen LogP contribution in [0.5, 0.6) is 11.5 Å². The van der Waals surface area contributed by atoms with Crippen LogP contribution in [0.15, 0.2) is 30.4 Å². The van der Waals surface area contributed by atoms with Crippen LogP contribution in [-0.2, 0) is 9.59 Å². The van der Waals surface area contributed by atoms with E-state index >= 15 is 0 Å². The molecule has 118 valence electrons. The number of hydrogen-bond donors (Lipinski definition) is 1. The first-order valence-corrected chi connectivity index (χ1v) is 6.95. The van der Waals surface area contributed by atoms with Gasteiger partial charge in [-0.2, -0.15) is 0 Å². The molecule has 1 aromatic carbocycles. The molecule has 2 atom stereocenters. The molecule has 0 unspecified atom stereocenters. The van der Waals surface area contributed by atoms with Crippen molar-refractivity contribution in [2.75, 3.05) is 19.5 Å². The number of methoxy groups -OCH3 is 2. The fourth-order valence-corrected chi connectivity index (χ4v) is 2.48. The van der Waals surface area contributed by atoms with E-state index < -0.39 is 17.8 Å². The van der Waals surface area contributed by atoms with Crippen LogP contribution < -0.4 is 19.9 Å². The molecule has 0 heterocycles. The number of allylic oxidation sites excluding steroid dienone is 2. The molecule has 1 aliphatic rings. The number of nitrogens with one attached hydrogen (secondary N) is 1. The van der Waals surface area contributed by atoms with E-state index in [0.717, 1.165) is 0 Å². The molecule has 1 N–H and O–H groups in total. The van der Waals surface area contributed by atoms with Crippen molar-refractivity contribution in [3.8, 4) is 11.5 Å². The Morgan fingerprint density at radius 1 is 1.05 bits per heavy atom. The second kappa shape index (κ2) is 6.98. The number of anilines is 1. The first-order valence-electron chi connectivity index (χ1n) is 6.95. The maximum Gasteiger partial charge on any atom is 0.228 e. The van der Waals surface area contributed by atoms with Crippen molar-refractivity contribution in [2.45, 2.75) is 12.8 Å². The van der Waals surface area contributed by atoms with Gasteiger partial charge in [-0.3, -0.25) is 4.79 Å². The maximum absolute atomic E-state index is 12.4. The summed E-state index contributed by atoms with van der Waals surface area (Å²) < 4.78 is 10.3. The van der Waals surface area contributed by atoms with Crippen LogP contribution in [0.2, 0.25) is 0 Å². The van der Waals surface area contributed by atoms with E-state index in [0.29, 0.717) is 30.0 Å². The molecule has 0 aliphatic heterocycles. The van der Waals surface area contributed by atoms with Gasteiger partial charge < -0.3 is 24.7 Å². The molecule has 6 heteroatoms. The number of carboxylic acids is 1. The number of carboxylic acid groups (broad SMARTS) is 1. The lowest BCUT2D eigenvalue weighted by Crippen LogP contribution is -2.41. The van der Waals surface area contributed by atoms with Crippen LogP contribution in [0.1, 0.15) is 12.8 Å². The Morgan fingerprint density at radius 3 is 2.09 bits per heavy atom. The van der Waals surface area contributed by atoms with Crippen LogP contribution in [0.25, 0.3) is 0 Å². The highest BCUT2D eigenvalue weighted by Gasteiger charge is 2.29. The zero-order valence-electron chi connectivity index (χ0n) is 12.5. The zero-order chi connectivity index (χ0) is 16.1. The quantitative estimate of drug-likeness (QED) is 0.819. The van der Waals surface area contributed by atoms with Gasteiger partial charge in [-0.05, 0) is 12.8 Å². The molecule has 0 bridgehead atoms. The van der Waals surface area contributed by atoms with Gasteiger partial charge in [-0.1, -0.05) is 12.2 Å². The van der Waals surface area contributed by atoms with E-state index in [9.17, 15) is 14.7 Å². The lowest BCUT2D eigenvalue weighted by atomic mass is 9.82. The predicted octanol–water partition coefficient (Wildman–Crippen LogP) is 0.975. The summed E-state index contributed by atoms with van der Waals surface area (Å²) in [5.74, 6) is -1.93. The Balaban J connectivity index is 2.17. The number of rotatable bonds is 5. The number of aliphatic carboxylic acids is 1. The Morgan fingerprint density at radius 2 is 1.59 bits per heavy atom. The summed E-state index contributed by atoms with van der Waals surface area (Å²) in [6.45, 7) is 0. The summed E-state index contributed by atoms with van der Waals surface area (Å²) in [6.07, 6.45) is 4.27. The third kappa shape index (κ3) is 3.58. The molecule has 0 radical (unpaired) electrons. The third-order valence-corrected chi connectivity index (χ3v) is 3.69. The molecule has 0 aromatic heterocycles. The summed E-state index contributed by atoms with van der Waals surface area (Å²) in [6, 6.07) is 4.98. The van der Waals surface area contributed by atoms with Gasteiger partial charge in [0.25, 0.3) is 0 Å². The van der Waals surface area contributed by atoms with Crippen LogP contribution in [0, 0.1) is 11.8 Å². The Bertz CT molecular complexity index is 574. The van der Waals surface area contributed by atoms with Crippen molar-refractivity contribution in [1.29, 1.82) is 0 Å².